The van der Waals surface area contributed by atoms with Gasteiger partial charge in [0.05, 0.1) is 72.9 Å². The largest absolute Gasteiger partial charge is 2.00 e. The predicted octanol–water partition coefficient (Wildman–Crippen LogP) is 3.03. The Labute approximate surface area is 316 Å². The molecule has 51 heavy (non-hydrogen) atoms. The van der Waals surface area contributed by atoms with E-state index in [0.717, 1.165) is 45.1 Å². The number of pyridine rings is 2. The van der Waals surface area contributed by atoms with Crippen LogP contribution in [0.2, 0.25) is 0 Å². The first-order valence-electron chi connectivity index (χ1n) is 14.8. The number of methoxy groups -OCH3 is 4. The van der Waals surface area contributed by atoms with E-state index in [9.17, 15) is 8.42 Å². The Bertz CT molecular complexity index is 2010. The number of ether oxygens (including phenoxy) is 4. The molecule has 0 saturated carbocycles. The first kappa shape index (κ1) is 43.0. The smallest absolute Gasteiger partial charge is 0.497 e. The summed E-state index contributed by atoms with van der Waals surface area (Å²) in [6.45, 7) is 7.69. The molecule has 2 atom stereocenters. The molecule has 14 nitrogen and oxygen atoms in total. The van der Waals surface area contributed by atoms with E-state index in [1.165, 1.54) is 0 Å². The molecule has 268 valence electrons. The van der Waals surface area contributed by atoms with Crippen LogP contribution in [0.15, 0.2) is 59.1 Å². The van der Waals surface area contributed by atoms with Crippen molar-refractivity contribution in [2.75, 3.05) is 28.4 Å². The van der Waals surface area contributed by atoms with Crippen LogP contribution in [0.3, 0.4) is 0 Å². The third-order valence-electron chi connectivity index (χ3n) is 7.67. The Hall–Kier alpha value is -4.13. The number of benzene rings is 2. The average Bonchev–Trinajstić information content (AvgIpc) is 3.72. The fourth-order valence-corrected chi connectivity index (χ4v) is 7.24. The minimum Gasteiger partial charge on any atom is -0.497 e. The number of imidazole rings is 2. The van der Waals surface area contributed by atoms with E-state index in [-0.39, 0.29) is 45.5 Å². The van der Waals surface area contributed by atoms with Crippen LogP contribution in [0, 0.1) is 27.7 Å². The van der Waals surface area contributed by atoms with Crippen LogP contribution in [0.25, 0.3) is 22.1 Å². The maximum absolute atomic E-state index is 12.6. The van der Waals surface area contributed by atoms with Crippen LogP contribution in [0.5, 0.6) is 23.0 Å². The van der Waals surface area contributed by atoms with Gasteiger partial charge in [0.15, 0.2) is 0 Å². The van der Waals surface area contributed by atoms with Crippen LogP contribution in [-0.2, 0) is 33.1 Å². The quantitative estimate of drug-likeness (QED) is 0.185. The summed E-state index contributed by atoms with van der Waals surface area (Å²) in [5.41, 5.74) is 7.87. The fraction of sp³-hybridized carbons (Fsp3) is 0.294. The van der Waals surface area contributed by atoms with Crippen molar-refractivity contribution in [2.45, 2.75) is 49.5 Å². The molecule has 4 N–H and O–H groups in total. The summed E-state index contributed by atoms with van der Waals surface area (Å²) in [4.78, 5) is 26.2. The molecule has 0 spiro atoms. The van der Waals surface area contributed by atoms with E-state index < -0.39 is 21.6 Å². The van der Waals surface area contributed by atoms with Crippen LogP contribution < -0.4 is 28.9 Å². The summed E-state index contributed by atoms with van der Waals surface area (Å²) in [7, 11) is 3.66. The van der Waals surface area contributed by atoms with Gasteiger partial charge in [0.1, 0.15) is 23.0 Å². The SMILES string of the molecule is COc1ccc2[n-]c([S@@](=O)Cc3ncc(C)c(OC)c3C)nc2c1.COc1ccc2[n-]c([S@](=O)Cc3ncc(C)c(OC)c3C)nc2c1.O.O.[Mg+2]. The fourth-order valence-electron chi connectivity index (χ4n) is 5.11. The summed E-state index contributed by atoms with van der Waals surface area (Å²) in [5.74, 6) is 3.43. The van der Waals surface area contributed by atoms with Crippen molar-refractivity contribution < 1.29 is 38.3 Å². The van der Waals surface area contributed by atoms with Gasteiger partial charge in [0, 0.05) is 45.0 Å². The van der Waals surface area contributed by atoms with E-state index in [2.05, 4.69) is 29.9 Å². The van der Waals surface area contributed by atoms with Crippen molar-refractivity contribution in [2.24, 2.45) is 0 Å². The molecule has 4 heterocycles. The molecule has 17 heteroatoms. The van der Waals surface area contributed by atoms with Crippen molar-refractivity contribution in [1.29, 1.82) is 0 Å². The van der Waals surface area contributed by atoms with Crippen molar-refractivity contribution in [3.8, 4) is 23.0 Å². The average molecular weight is 749 g/mol. The molecular weight excluding hydrogens is 709 g/mol. The topological polar surface area (TPSA) is 214 Å². The van der Waals surface area contributed by atoms with Gasteiger partial charge in [-0.3, -0.25) is 18.4 Å². The van der Waals surface area contributed by atoms with Gasteiger partial charge in [-0.1, -0.05) is 12.1 Å². The molecule has 0 amide bonds. The normalized spacial score (nSPS) is 11.6. The second-order valence-electron chi connectivity index (χ2n) is 10.8. The summed E-state index contributed by atoms with van der Waals surface area (Å²) in [6.07, 6.45) is 3.46. The van der Waals surface area contributed by atoms with E-state index >= 15 is 0 Å². The zero-order valence-corrected chi connectivity index (χ0v) is 32.7. The van der Waals surface area contributed by atoms with Crippen LogP contribution in [0.4, 0.5) is 0 Å². The van der Waals surface area contributed by atoms with Gasteiger partial charge in [-0.15, -0.1) is 0 Å². The Morgan fingerprint density at radius 1 is 0.608 bits per heavy atom. The van der Waals surface area contributed by atoms with E-state index in [1.807, 2.05) is 27.7 Å². The Balaban J connectivity index is 0.000000334. The van der Waals surface area contributed by atoms with E-state index in [0.29, 0.717) is 43.9 Å². The van der Waals surface area contributed by atoms with Crippen molar-refractivity contribution >= 4 is 66.7 Å². The summed E-state index contributed by atoms with van der Waals surface area (Å²) in [6, 6.07) is 10.8. The number of hydrogen-bond acceptors (Lipinski definition) is 10. The predicted molar refractivity (Wildman–Crippen MR) is 197 cm³/mol. The first-order valence-corrected chi connectivity index (χ1v) is 17.4. The van der Waals surface area contributed by atoms with Gasteiger partial charge in [-0.25, -0.2) is 0 Å². The second-order valence-corrected chi connectivity index (χ2v) is 13.5. The number of nitrogens with zero attached hydrogens (tertiary/aromatic N) is 6. The third-order valence-corrected chi connectivity index (χ3v) is 9.92. The van der Waals surface area contributed by atoms with Crippen LogP contribution in [0.1, 0.15) is 33.6 Å². The number of rotatable bonds is 10. The minimum absolute atomic E-state index is 0. The third kappa shape index (κ3) is 9.60. The molecular formula is C34H40MgN6O8S2. The number of aromatic nitrogens is 6. The molecule has 0 aliphatic carbocycles. The zero-order valence-electron chi connectivity index (χ0n) is 29.7. The van der Waals surface area contributed by atoms with E-state index in [4.69, 9.17) is 18.9 Å². The molecule has 6 rings (SSSR count). The summed E-state index contributed by atoms with van der Waals surface area (Å²) >= 11 is 0. The van der Waals surface area contributed by atoms with Gasteiger partial charge in [-0.2, -0.15) is 0 Å². The minimum atomic E-state index is -1.38. The molecule has 0 radical (unpaired) electrons. The Morgan fingerprint density at radius 3 is 1.31 bits per heavy atom. The maximum Gasteiger partial charge on any atom is 2.00 e. The molecule has 0 bridgehead atoms. The molecule has 2 aromatic carbocycles. The van der Waals surface area contributed by atoms with Crippen LogP contribution >= 0.6 is 0 Å². The standard InChI is InChI=1S/2C17H18N3O3S.Mg.2H2O/c2*1-10-8-18-15(11(2)16(10)23-4)9-24(21)17-19-13-6-5-12(22-3)7-14(13)20-17;;;/h2*5-8H,9H2,1-4H3;;2*1H2/q2*-1;+2;;/t2*24-;;;/m10.../s1. The van der Waals surface area contributed by atoms with E-state index in [1.54, 1.807) is 77.2 Å². The Morgan fingerprint density at radius 2 is 0.980 bits per heavy atom. The number of hydrogen-bond donors (Lipinski definition) is 0. The molecule has 0 aliphatic heterocycles. The maximum atomic E-state index is 12.6. The summed E-state index contributed by atoms with van der Waals surface area (Å²) < 4.78 is 46.4. The zero-order chi connectivity index (χ0) is 34.5. The van der Waals surface area contributed by atoms with Gasteiger partial charge < -0.3 is 49.8 Å². The second kappa shape index (κ2) is 18.9. The van der Waals surface area contributed by atoms with Gasteiger partial charge in [0.25, 0.3) is 0 Å². The van der Waals surface area contributed by atoms with Crippen molar-refractivity contribution in [3.63, 3.8) is 0 Å². The number of fused-ring (bicyclic) bond motifs is 2. The first-order chi connectivity index (χ1) is 23.1. The van der Waals surface area contributed by atoms with Crippen molar-refractivity contribution in [1.82, 2.24) is 29.9 Å². The molecule has 4 aromatic heterocycles. The monoisotopic (exact) mass is 748 g/mol. The number of aryl methyl sites for hydroxylation is 2. The van der Waals surface area contributed by atoms with Crippen LogP contribution in [-0.4, -0.2) is 90.8 Å². The summed E-state index contributed by atoms with van der Waals surface area (Å²) in [5, 5.41) is 0.609. The molecule has 0 saturated heterocycles. The molecule has 6 aromatic rings. The molecule has 0 aliphatic rings. The van der Waals surface area contributed by atoms with Crippen molar-refractivity contribution in [3.05, 3.63) is 82.4 Å². The van der Waals surface area contributed by atoms with Gasteiger partial charge in [0.2, 0.25) is 0 Å². The Kier molecular flexibility index (Phi) is 16.0. The van der Waals surface area contributed by atoms with Gasteiger partial charge >= 0.3 is 23.1 Å². The molecule has 0 fully saturated rings. The molecule has 0 unspecified atom stereocenters. The van der Waals surface area contributed by atoms with Gasteiger partial charge in [-0.05, 0) is 74.0 Å².